The lowest BCUT2D eigenvalue weighted by Gasteiger charge is -2.20. The molecule has 0 bridgehead atoms. The number of aryl methyl sites for hydroxylation is 2. The number of fused-ring (bicyclic) bond motifs is 1. The van der Waals surface area contributed by atoms with E-state index < -0.39 is 0 Å². The zero-order valence-electron chi connectivity index (χ0n) is 12.1. The van der Waals surface area contributed by atoms with Crippen LogP contribution in [0.15, 0.2) is 6.33 Å². The highest BCUT2D eigenvalue weighted by Gasteiger charge is 2.45. The average molecular weight is 275 g/mol. The first-order valence-electron chi connectivity index (χ1n) is 6.98. The van der Waals surface area contributed by atoms with Gasteiger partial charge in [-0.3, -0.25) is 0 Å². The number of nitrogens with one attached hydrogen (secondary N) is 1. The third kappa shape index (κ3) is 2.12. The van der Waals surface area contributed by atoms with Gasteiger partial charge in [0, 0.05) is 11.4 Å². The lowest BCUT2D eigenvalue weighted by molar-refractivity contribution is 0.380. The second kappa shape index (κ2) is 4.44. The van der Waals surface area contributed by atoms with Gasteiger partial charge in [0.1, 0.15) is 17.0 Å². The fraction of sp³-hybridized carbons (Fsp3) is 0.600. The highest BCUT2D eigenvalue weighted by atomic mass is 32.1. The summed E-state index contributed by atoms with van der Waals surface area (Å²) in [5, 5.41) is 4.79. The van der Waals surface area contributed by atoms with Gasteiger partial charge in [0.2, 0.25) is 0 Å². The standard InChI is InChI=1S/C15H21N3S/c1-9(2)15(5-6-15)7-16-13-12-10(3)11(4)19-14(12)18-8-17-13/h8-9H,5-7H2,1-4H3,(H,16,17,18). The Morgan fingerprint density at radius 2 is 2.05 bits per heavy atom. The molecule has 0 atom stereocenters. The van der Waals surface area contributed by atoms with E-state index in [0.29, 0.717) is 5.41 Å². The molecule has 3 nitrogen and oxygen atoms in total. The van der Waals surface area contributed by atoms with Crippen molar-refractivity contribution in [3.8, 4) is 0 Å². The van der Waals surface area contributed by atoms with Gasteiger partial charge in [-0.05, 0) is 43.6 Å². The second-order valence-corrected chi connectivity index (χ2v) is 7.26. The maximum Gasteiger partial charge on any atom is 0.138 e. The van der Waals surface area contributed by atoms with E-state index in [4.69, 9.17) is 0 Å². The lowest BCUT2D eigenvalue weighted by atomic mass is 9.92. The minimum absolute atomic E-state index is 0.496. The van der Waals surface area contributed by atoms with Gasteiger partial charge in [0.25, 0.3) is 0 Å². The molecule has 3 rings (SSSR count). The quantitative estimate of drug-likeness (QED) is 0.910. The van der Waals surface area contributed by atoms with Crippen molar-refractivity contribution in [3.05, 3.63) is 16.8 Å². The molecule has 1 aliphatic rings. The Morgan fingerprint density at radius 3 is 2.68 bits per heavy atom. The number of nitrogens with zero attached hydrogens (tertiary/aromatic N) is 2. The molecule has 0 aromatic carbocycles. The number of rotatable bonds is 4. The molecule has 19 heavy (non-hydrogen) atoms. The van der Waals surface area contributed by atoms with Gasteiger partial charge in [-0.25, -0.2) is 9.97 Å². The molecule has 0 unspecified atom stereocenters. The summed E-state index contributed by atoms with van der Waals surface area (Å²) in [5.74, 6) is 1.75. The van der Waals surface area contributed by atoms with Gasteiger partial charge in [-0.15, -0.1) is 11.3 Å². The highest BCUT2D eigenvalue weighted by Crippen LogP contribution is 2.51. The first-order valence-corrected chi connectivity index (χ1v) is 7.80. The Hall–Kier alpha value is -1.16. The van der Waals surface area contributed by atoms with Gasteiger partial charge in [0.05, 0.1) is 5.39 Å². The minimum atomic E-state index is 0.496. The zero-order valence-corrected chi connectivity index (χ0v) is 12.9. The molecule has 0 saturated heterocycles. The smallest absolute Gasteiger partial charge is 0.138 e. The number of thiophene rings is 1. The predicted octanol–water partition coefficient (Wildman–Crippen LogP) is 4.16. The molecule has 2 aromatic rings. The number of hydrogen-bond donors (Lipinski definition) is 1. The van der Waals surface area contributed by atoms with Crippen molar-refractivity contribution in [3.63, 3.8) is 0 Å². The van der Waals surface area contributed by atoms with E-state index in [2.05, 4.69) is 43.0 Å². The number of hydrogen-bond acceptors (Lipinski definition) is 4. The molecule has 102 valence electrons. The average Bonchev–Trinajstić information content (AvgIpc) is 3.11. The van der Waals surface area contributed by atoms with E-state index in [9.17, 15) is 0 Å². The summed E-state index contributed by atoms with van der Waals surface area (Å²) in [6.07, 6.45) is 4.36. The maximum atomic E-state index is 4.46. The zero-order chi connectivity index (χ0) is 13.6. The number of anilines is 1. The van der Waals surface area contributed by atoms with Gasteiger partial charge in [-0.1, -0.05) is 13.8 Å². The summed E-state index contributed by atoms with van der Waals surface area (Å²) in [7, 11) is 0. The fourth-order valence-electron chi connectivity index (χ4n) is 2.69. The van der Waals surface area contributed by atoms with E-state index in [0.717, 1.165) is 23.1 Å². The van der Waals surface area contributed by atoms with Crippen LogP contribution in [0.2, 0.25) is 0 Å². The van der Waals surface area contributed by atoms with Crippen molar-refractivity contribution in [2.75, 3.05) is 11.9 Å². The van der Waals surface area contributed by atoms with Crippen molar-refractivity contribution in [1.29, 1.82) is 0 Å². The van der Waals surface area contributed by atoms with E-state index in [1.807, 2.05) is 0 Å². The molecule has 0 amide bonds. The molecule has 1 N–H and O–H groups in total. The molecule has 2 aromatic heterocycles. The van der Waals surface area contributed by atoms with Gasteiger partial charge in [-0.2, -0.15) is 0 Å². The van der Waals surface area contributed by atoms with Crippen LogP contribution < -0.4 is 5.32 Å². The third-order valence-corrected chi connectivity index (χ3v) is 5.81. The summed E-state index contributed by atoms with van der Waals surface area (Å²) in [4.78, 5) is 11.3. The van der Waals surface area contributed by atoms with Gasteiger partial charge >= 0.3 is 0 Å². The van der Waals surface area contributed by atoms with Crippen molar-refractivity contribution in [2.24, 2.45) is 11.3 Å². The molecule has 0 spiro atoms. The van der Waals surface area contributed by atoms with E-state index in [1.54, 1.807) is 17.7 Å². The van der Waals surface area contributed by atoms with Gasteiger partial charge in [0.15, 0.2) is 0 Å². The Morgan fingerprint density at radius 1 is 1.32 bits per heavy atom. The first-order chi connectivity index (χ1) is 9.03. The predicted molar refractivity (Wildman–Crippen MR) is 81.9 cm³/mol. The largest absolute Gasteiger partial charge is 0.369 e. The lowest BCUT2D eigenvalue weighted by Crippen LogP contribution is -2.21. The SMILES string of the molecule is Cc1sc2ncnc(NCC3(C(C)C)CC3)c2c1C. The molecule has 2 heterocycles. The maximum absolute atomic E-state index is 4.46. The van der Waals surface area contributed by atoms with Crippen LogP contribution in [0, 0.1) is 25.2 Å². The summed E-state index contributed by atoms with van der Waals surface area (Å²) >= 11 is 1.76. The van der Waals surface area contributed by atoms with Gasteiger partial charge < -0.3 is 5.32 Å². The third-order valence-electron chi connectivity index (χ3n) is 4.69. The fourth-order valence-corrected chi connectivity index (χ4v) is 3.69. The molecular formula is C15H21N3S. The molecule has 1 saturated carbocycles. The van der Waals surface area contributed by atoms with Crippen molar-refractivity contribution in [2.45, 2.75) is 40.5 Å². The summed E-state index contributed by atoms with van der Waals surface area (Å²) in [6, 6.07) is 0. The topological polar surface area (TPSA) is 37.8 Å². The number of aromatic nitrogens is 2. The Labute approximate surface area is 118 Å². The molecule has 4 heteroatoms. The summed E-state index contributed by atoms with van der Waals surface area (Å²) in [6.45, 7) is 10.00. The molecule has 0 aliphatic heterocycles. The molecule has 1 aliphatic carbocycles. The van der Waals surface area contributed by atoms with Crippen LogP contribution in [0.5, 0.6) is 0 Å². The molecule has 1 fully saturated rings. The van der Waals surface area contributed by atoms with Crippen LogP contribution >= 0.6 is 11.3 Å². The first kappa shape index (κ1) is 12.9. The Balaban J connectivity index is 1.89. The second-order valence-electron chi connectivity index (χ2n) is 6.06. The molecular weight excluding hydrogens is 254 g/mol. The van der Waals surface area contributed by atoms with Crippen molar-refractivity contribution < 1.29 is 0 Å². The van der Waals surface area contributed by atoms with E-state index in [1.165, 1.54) is 28.7 Å². The van der Waals surface area contributed by atoms with Crippen LogP contribution in [-0.2, 0) is 0 Å². The van der Waals surface area contributed by atoms with Crippen molar-refractivity contribution in [1.82, 2.24) is 9.97 Å². The summed E-state index contributed by atoms with van der Waals surface area (Å²) in [5.41, 5.74) is 1.81. The minimum Gasteiger partial charge on any atom is -0.369 e. The van der Waals surface area contributed by atoms with E-state index in [-0.39, 0.29) is 0 Å². The Bertz CT molecular complexity index is 611. The van der Waals surface area contributed by atoms with Crippen LogP contribution in [0.25, 0.3) is 10.2 Å². The van der Waals surface area contributed by atoms with Crippen LogP contribution in [-0.4, -0.2) is 16.5 Å². The monoisotopic (exact) mass is 275 g/mol. The van der Waals surface area contributed by atoms with Crippen LogP contribution in [0.1, 0.15) is 37.1 Å². The Kier molecular flexibility index (Phi) is 3.01. The van der Waals surface area contributed by atoms with Crippen molar-refractivity contribution >= 4 is 27.4 Å². The normalized spacial score (nSPS) is 17.1. The van der Waals surface area contributed by atoms with E-state index >= 15 is 0 Å². The van der Waals surface area contributed by atoms with Crippen LogP contribution in [0.4, 0.5) is 5.82 Å². The summed E-state index contributed by atoms with van der Waals surface area (Å²) < 4.78 is 0. The highest BCUT2D eigenvalue weighted by molar-refractivity contribution is 7.18. The molecule has 0 radical (unpaired) electrons. The van der Waals surface area contributed by atoms with Crippen LogP contribution in [0.3, 0.4) is 0 Å².